The lowest BCUT2D eigenvalue weighted by atomic mass is 10.1. The van der Waals surface area contributed by atoms with Crippen LogP contribution in [0.5, 0.6) is 0 Å². The molecule has 0 heterocycles. The zero-order valence-electron chi connectivity index (χ0n) is 11.7. The molecule has 1 aromatic rings. The predicted molar refractivity (Wildman–Crippen MR) is 81.1 cm³/mol. The summed E-state index contributed by atoms with van der Waals surface area (Å²) in [5, 5.41) is 6.25. The van der Waals surface area contributed by atoms with Crippen LogP contribution >= 0.6 is 23.2 Å². The molecule has 0 spiro atoms. The van der Waals surface area contributed by atoms with Crippen molar-refractivity contribution in [2.24, 2.45) is 0 Å². The average Bonchev–Trinajstić information content (AvgIpc) is 2.29. The van der Waals surface area contributed by atoms with Crippen molar-refractivity contribution in [3.05, 3.63) is 33.8 Å². The zero-order valence-corrected chi connectivity index (χ0v) is 13.2. The first-order chi connectivity index (χ1) is 9.19. The fourth-order valence-corrected chi connectivity index (χ4v) is 2.02. The van der Waals surface area contributed by atoms with Crippen molar-refractivity contribution in [1.29, 1.82) is 0 Å². The van der Waals surface area contributed by atoms with Gasteiger partial charge in [-0.15, -0.1) is 0 Å². The van der Waals surface area contributed by atoms with Crippen LogP contribution in [0.3, 0.4) is 0 Å². The van der Waals surface area contributed by atoms with E-state index in [0.29, 0.717) is 23.0 Å². The molecule has 0 aliphatic carbocycles. The number of hydrogen-bond acceptors (Lipinski definition) is 2. The third-order valence-electron chi connectivity index (χ3n) is 2.39. The maximum atomic E-state index is 11.6. The van der Waals surface area contributed by atoms with Crippen molar-refractivity contribution < 1.29 is 9.59 Å². The number of carbonyl (C=O) groups is 2. The van der Waals surface area contributed by atoms with Gasteiger partial charge < -0.3 is 10.6 Å². The summed E-state index contributed by atoms with van der Waals surface area (Å²) in [5.74, 6) is -1.29. The fraction of sp³-hybridized carbons (Fsp3) is 0.429. The molecule has 110 valence electrons. The molecule has 0 atom stereocenters. The maximum Gasteiger partial charge on any atom is 0.309 e. The highest BCUT2D eigenvalue weighted by atomic mass is 35.5. The van der Waals surface area contributed by atoms with E-state index >= 15 is 0 Å². The Labute approximate surface area is 128 Å². The van der Waals surface area contributed by atoms with Gasteiger partial charge in [-0.05, 0) is 44.9 Å². The first-order valence-corrected chi connectivity index (χ1v) is 6.99. The Morgan fingerprint density at radius 3 is 2.35 bits per heavy atom. The van der Waals surface area contributed by atoms with Crippen LogP contribution < -0.4 is 10.6 Å². The number of halogens is 2. The molecule has 0 saturated carbocycles. The van der Waals surface area contributed by atoms with Crippen LogP contribution in [-0.4, -0.2) is 23.9 Å². The molecule has 0 fully saturated rings. The number of hydrogen-bond donors (Lipinski definition) is 2. The van der Waals surface area contributed by atoms with E-state index in [2.05, 4.69) is 10.6 Å². The van der Waals surface area contributed by atoms with Crippen LogP contribution in [0.15, 0.2) is 18.2 Å². The minimum atomic E-state index is -0.648. The van der Waals surface area contributed by atoms with E-state index in [9.17, 15) is 9.59 Å². The molecule has 2 amide bonds. The van der Waals surface area contributed by atoms with E-state index in [-0.39, 0.29) is 0 Å². The Hall–Kier alpha value is -1.26. The smallest absolute Gasteiger partial charge is 0.309 e. The Balaban J connectivity index is 2.44. The number of carbonyl (C=O) groups excluding carboxylic acids is 2. The van der Waals surface area contributed by atoms with Crippen LogP contribution in [-0.2, 0) is 16.0 Å². The molecule has 0 aromatic heterocycles. The lowest BCUT2D eigenvalue weighted by molar-refractivity contribution is -0.140. The number of rotatable bonds is 3. The van der Waals surface area contributed by atoms with Crippen LogP contribution in [0.2, 0.25) is 10.0 Å². The Bertz CT molecular complexity index is 510. The van der Waals surface area contributed by atoms with Gasteiger partial charge in [0.25, 0.3) is 0 Å². The third kappa shape index (κ3) is 5.80. The Kier molecular flexibility index (Phi) is 5.84. The van der Waals surface area contributed by atoms with Gasteiger partial charge in [-0.3, -0.25) is 9.59 Å². The van der Waals surface area contributed by atoms with Gasteiger partial charge in [-0.1, -0.05) is 29.3 Å². The highest BCUT2D eigenvalue weighted by Crippen LogP contribution is 2.20. The van der Waals surface area contributed by atoms with Gasteiger partial charge in [0.05, 0.1) is 0 Å². The van der Waals surface area contributed by atoms with Crippen molar-refractivity contribution >= 4 is 35.0 Å². The van der Waals surface area contributed by atoms with Crippen LogP contribution in [0.4, 0.5) is 0 Å². The second-order valence-electron chi connectivity index (χ2n) is 5.45. The standard InChI is InChI=1S/C14H18Cl2N2O2/c1-14(2,3)18-13(20)12(19)17-7-6-9-4-5-10(15)8-11(9)16/h4-5,8H,6-7H2,1-3H3,(H,17,19)(H,18,20). The fourth-order valence-electron chi connectivity index (χ4n) is 1.51. The van der Waals surface area contributed by atoms with E-state index in [1.807, 2.05) is 20.8 Å². The second-order valence-corrected chi connectivity index (χ2v) is 6.29. The van der Waals surface area contributed by atoms with Gasteiger partial charge in [-0.2, -0.15) is 0 Å². The number of nitrogens with one attached hydrogen (secondary N) is 2. The monoisotopic (exact) mass is 316 g/mol. The van der Waals surface area contributed by atoms with Crippen molar-refractivity contribution in [2.75, 3.05) is 6.54 Å². The summed E-state index contributed by atoms with van der Waals surface area (Å²) < 4.78 is 0. The molecule has 0 unspecified atom stereocenters. The average molecular weight is 317 g/mol. The molecule has 0 aliphatic heterocycles. The number of amides is 2. The summed E-state index contributed by atoms with van der Waals surface area (Å²) in [7, 11) is 0. The van der Waals surface area contributed by atoms with Crippen molar-refractivity contribution in [1.82, 2.24) is 10.6 Å². The van der Waals surface area contributed by atoms with E-state index in [0.717, 1.165) is 5.56 Å². The molecule has 1 aromatic carbocycles. The predicted octanol–water partition coefficient (Wildman–Crippen LogP) is 2.57. The topological polar surface area (TPSA) is 58.2 Å². The molecule has 0 aliphatic rings. The minimum absolute atomic E-state index is 0.331. The van der Waals surface area contributed by atoms with Crippen LogP contribution in [0.25, 0.3) is 0 Å². The van der Waals surface area contributed by atoms with Crippen molar-refractivity contribution in [2.45, 2.75) is 32.7 Å². The lowest BCUT2D eigenvalue weighted by Gasteiger charge is -2.19. The Morgan fingerprint density at radius 2 is 1.80 bits per heavy atom. The summed E-state index contributed by atoms with van der Waals surface area (Å²) >= 11 is 11.8. The zero-order chi connectivity index (χ0) is 15.3. The molecule has 6 heteroatoms. The van der Waals surface area contributed by atoms with Crippen molar-refractivity contribution in [3.63, 3.8) is 0 Å². The highest BCUT2D eigenvalue weighted by molar-refractivity contribution is 6.35. The molecule has 0 bridgehead atoms. The van der Waals surface area contributed by atoms with E-state index in [1.165, 1.54) is 0 Å². The summed E-state index contributed by atoms with van der Waals surface area (Å²) in [5.41, 5.74) is 0.432. The van der Waals surface area contributed by atoms with Crippen LogP contribution in [0.1, 0.15) is 26.3 Å². The summed E-state index contributed by atoms with van der Waals surface area (Å²) in [6.45, 7) is 5.76. The van der Waals surface area contributed by atoms with Crippen molar-refractivity contribution in [3.8, 4) is 0 Å². The quantitative estimate of drug-likeness (QED) is 0.842. The first-order valence-electron chi connectivity index (χ1n) is 6.23. The molecule has 4 nitrogen and oxygen atoms in total. The molecule has 1 rings (SSSR count). The molecule has 20 heavy (non-hydrogen) atoms. The summed E-state index contributed by atoms with van der Waals surface area (Å²) in [6.07, 6.45) is 0.532. The molecule has 0 saturated heterocycles. The van der Waals surface area contributed by atoms with Gasteiger partial charge in [0.2, 0.25) is 0 Å². The van der Waals surface area contributed by atoms with E-state index in [1.54, 1.807) is 18.2 Å². The largest absolute Gasteiger partial charge is 0.348 e. The lowest BCUT2D eigenvalue weighted by Crippen LogP contribution is -2.48. The van der Waals surface area contributed by atoms with Gasteiger partial charge in [0.15, 0.2) is 0 Å². The molecular formula is C14H18Cl2N2O2. The SMILES string of the molecule is CC(C)(C)NC(=O)C(=O)NCCc1ccc(Cl)cc1Cl. The Morgan fingerprint density at radius 1 is 1.15 bits per heavy atom. The highest BCUT2D eigenvalue weighted by Gasteiger charge is 2.19. The molecular weight excluding hydrogens is 299 g/mol. The molecule has 2 N–H and O–H groups in total. The third-order valence-corrected chi connectivity index (χ3v) is 2.98. The van der Waals surface area contributed by atoms with Gasteiger partial charge in [0.1, 0.15) is 0 Å². The minimum Gasteiger partial charge on any atom is -0.348 e. The van der Waals surface area contributed by atoms with Crippen LogP contribution in [0, 0.1) is 0 Å². The summed E-state index contributed by atoms with van der Waals surface area (Å²) in [4.78, 5) is 23.1. The maximum absolute atomic E-state index is 11.6. The van der Waals surface area contributed by atoms with E-state index < -0.39 is 17.4 Å². The number of benzene rings is 1. The van der Waals surface area contributed by atoms with Gasteiger partial charge >= 0.3 is 11.8 Å². The van der Waals surface area contributed by atoms with Gasteiger partial charge in [0, 0.05) is 22.1 Å². The van der Waals surface area contributed by atoms with Gasteiger partial charge in [-0.25, -0.2) is 0 Å². The summed E-state index contributed by atoms with van der Waals surface area (Å²) in [6, 6.07) is 5.18. The van der Waals surface area contributed by atoms with E-state index in [4.69, 9.17) is 23.2 Å². The first kappa shape index (κ1) is 16.8. The second kappa shape index (κ2) is 6.95. The molecule has 0 radical (unpaired) electrons. The normalized spacial score (nSPS) is 11.1.